The first-order valence-corrected chi connectivity index (χ1v) is 6.89. The first kappa shape index (κ1) is 12.6. The first-order valence-electron chi connectivity index (χ1n) is 6.01. The van der Waals surface area contributed by atoms with Crippen LogP contribution in [0, 0.1) is 24.0 Å². The molecule has 2 heterocycles. The van der Waals surface area contributed by atoms with Gasteiger partial charge in [0.25, 0.3) is 4.96 Å². The minimum absolute atomic E-state index is 0.0397. The molecule has 0 bridgehead atoms. The molecule has 0 atom stereocenters. The molecule has 1 aromatic carbocycles. The van der Waals surface area contributed by atoms with Gasteiger partial charge in [-0.05, 0) is 36.0 Å². The Morgan fingerprint density at radius 3 is 2.95 bits per heavy atom. The van der Waals surface area contributed by atoms with E-state index in [9.17, 15) is 10.1 Å². The van der Waals surface area contributed by atoms with E-state index >= 15 is 0 Å². The number of hydrogen-bond acceptors (Lipinski definition) is 5. The summed E-state index contributed by atoms with van der Waals surface area (Å²) < 4.78 is 1.48. The zero-order valence-electron chi connectivity index (χ0n) is 11.0. The predicted octanol–water partition coefficient (Wildman–Crippen LogP) is 3.66. The number of aryl methyl sites for hydroxylation is 1. The zero-order valence-corrected chi connectivity index (χ0v) is 11.8. The van der Waals surface area contributed by atoms with Crippen molar-refractivity contribution < 1.29 is 4.92 Å². The van der Waals surface area contributed by atoms with Crippen LogP contribution in [-0.2, 0) is 0 Å². The maximum Gasteiger partial charge on any atom is 0.373 e. The first-order chi connectivity index (χ1) is 9.58. The third-order valence-corrected chi connectivity index (χ3v) is 4.02. The van der Waals surface area contributed by atoms with Crippen LogP contribution in [0.5, 0.6) is 0 Å². The standard InChI is InChI=1S/C13H12N4O2S/c1-8-4-3-5-10(9(8)2)14-11-12(17(18)19)16-6-7-20-13(16)15-11/h3-7,14H,1-2H3. The van der Waals surface area contributed by atoms with Gasteiger partial charge in [0.15, 0.2) is 0 Å². The lowest BCUT2D eigenvalue weighted by atomic mass is 10.1. The third kappa shape index (κ3) is 1.92. The largest absolute Gasteiger partial charge is 0.373 e. The average molecular weight is 288 g/mol. The van der Waals surface area contributed by atoms with Crippen molar-refractivity contribution in [3.8, 4) is 0 Å². The lowest BCUT2D eigenvalue weighted by Crippen LogP contribution is -2.00. The van der Waals surface area contributed by atoms with Gasteiger partial charge in [-0.3, -0.25) is 0 Å². The van der Waals surface area contributed by atoms with E-state index in [1.807, 2.05) is 32.0 Å². The second-order valence-corrected chi connectivity index (χ2v) is 5.34. The van der Waals surface area contributed by atoms with E-state index in [4.69, 9.17) is 0 Å². The second kappa shape index (κ2) is 4.61. The smallest absolute Gasteiger partial charge is 0.358 e. The predicted molar refractivity (Wildman–Crippen MR) is 78.9 cm³/mol. The van der Waals surface area contributed by atoms with Crippen molar-refractivity contribution in [2.75, 3.05) is 5.32 Å². The highest BCUT2D eigenvalue weighted by Crippen LogP contribution is 2.31. The monoisotopic (exact) mass is 288 g/mol. The topological polar surface area (TPSA) is 72.5 Å². The molecule has 0 aliphatic heterocycles. The molecule has 102 valence electrons. The minimum Gasteiger partial charge on any atom is -0.358 e. The van der Waals surface area contributed by atoms with Crippen molar-refractivity contribution in [1.29, 1.82) is 0 Å². The van der Waals surface area contributed by atoms with Crippen molar-refractivity contribution in [2.24, 2.45) is 0 Å². The van der Waals surface area contributed by atoms with Gasteiger partial charge in [0.05, 0.1) is 0 Å². The molecule has 0 unspecified atom stereocenters. The van der Waals surface area contributed by atoms with Crippen LogP contribution in [0.4, 0.5) is 17.3 Å². The molecule has 20 heavy (non-hydrogen) atoms. The van der Waals surface area contributed by atoms with Crippen molar-refractivity contribution in [2.45, 2.75) is 13.8 Å². The molecule has 0 aliphatic rings. The van der Waals surface area contributed by atoms with Gasteiger partial charge in [-0.25, -0.2) is 0 Å². The molecule has 0 radical (unpaired) electrons. The van der Waals surface area contributed by atoms with E-state index in [-0.39, 0.29) is 11.6 Å². The van der Waals surface area contributed by atoms with Gasteiger partial charge in [0.2, 0.25) is 5.82 Å². The zero-order chi connectivity index (χ0) is 14.3. The number of thiazole rings is 1. The molecular weight excluding hydrogens is 276 g/mol. The van der Waals surface area contributed by atoms with Gasteiger partial charge in [-0.1, -0.05) is 23.5 Å². The van der Waals surface area contributed by atoms with Gasteiger partial charge < -0.3 is 15.4 Å². The van der Waals surface area contributed by atoms with Crippen LogP contribution in [0.1, 0.15) is 11.1 Å². The summed E-state index contributed by atoms with van der Waals surface area (Å²) in [7, 11) is 0. The highest BCUT2D eigenvalue weighted by molar-refractivity contribution is 7.15. The van der Waals surface area contributed by atoms with Crippen LogP contribution in [0.2, 0.25) is 0 Å². The van der Waals surface area contributed by atoms with Crippen LogP contribution in [0.15, 0.2) is 29.8 Å². The van der Waals surface area contributed by atoms with E-state index in [2.05, 4.69) is 10.3 Å². The fourth-order valence-electron chi connectivity index (χ4n) is 2.05. The Balaban J connectivity index is 2.10. The summed E-state index contributed by atoms with van der Waals surface area (Å²) in [6.07, 6.45) is 1.65. The molecule has 3 aromatic rings. The van der Waals surface area contributed by atoms with Gasteiger partial charge in [-0.15, -0.1) is 0 Å². The number of anilines is 2. The van der Waals surface area contributed by atoms with Crippen molar-refractivity contribution in [1.82, 2.24) is 9.38 Å². The highest BCUT2D eigenvalue weighted by atomic mass is 32.1. The molecule has 0 aliphatic carbocycles. The van der Waals surface area contributed by atoms with Crippen LogP contribution in [-0.4, -0.2) is 14.3 Å². The molecule has 0 saturated heterocycles. The molecular formula is C13H12N4O2S. The summed E-state index contributed by atoms with van der Waals surface area (Å²) in [5, 5.41) is 16.1. The Hall–Kier alpha value is -2.41. The Morgan fingerprint density at radius 2 is 2.20 bits per heavy atom. The molecule has 0 fully saturated rings. The number of rotatable bonds is 3. The average Bonchev–Trinajstić information content (AvgIpc) is 2.94. The van der Waals surface area contributed by atoms with Crippen LogP contribution >= 0.6 is 11.3 Å². The molecule has 3 rings (SSSR count). The summed E-state index contributed by atoms with van der Waals surface area (Å²) in [5.41, 5.74) is 3.01. The van der Waals surface area contributed by atoms with Gasteiger partial charge in [-0.2, -0.15) is 9.38 Å². The Morgan fingerprint density at radius 1 is 1.40 bits per heavy atom. The molecule has 0 amide bonds. The third-order valence-electron chi connectivity index (χ3n) is 3.27. The number of benzene rings is 1. The molecule has 0 saturated carbocycles. The number of hydrogen-bond donors (Lipinski definition) is 1. The molecule has 2 aromatic heterocycles. The van der Waals surface area contributed by atoms with E-state index in [1.54, 1.807) is 11.6 Å². The molecule has 6 nitrogen and oxygen atoms in total. The van der Waals surface area contributed by atoms with Crippen molar-refractivity contribution in [3.63, 3.8) is 0 Å². The molecule has 0 spiro atoms. The number of nitro groups is 1. The maximum absolute atomic E-state index is 11.2. The van der Waals surface area contributed by atoms with Crippen LogP contribution < -0.4 is 5.32 Å². The number of aromatic nitrogens is 2. The summed E-state index contributed by atoms with van der Waals surface area (Å²) in [6.45, 7) is 3.97. The maximum atomic E-state index is 11.2. The lowest BCUT2D eigenvalue weighted by Gasteiger charge is -2.09. The minimum atomic E-state index is -0.416. The van der Waals surface area contributed by atoms with Crippen molar-refractivity contribution >= 4 is 33.6 Å². The van der Waals surface area contributed by atoms with Crippen LogP contribution in [0.3, 0.4) is 0 Å². The molecule has 1 N–H and O–H groups in total. The summed E-state index contributed by atoms with van der Waals surface area (Å²) in [5.74, 6) is 0.234. The summed E-state index contributed by atoms with van der Waals surface area (Å²) in [6, 6.07) is 5.80. The lowest BCUT2D eigenvalue weighted by molar-refractivity contribution is -0.389. The molecule has 7 heteroatoms. The Kier molecular flexibility index (Phi) is 2.90. The highest BCUT2D eigenvalue weighted by Gasteiger charge is 2.24. The van der Waals surface area contributed by atoms with Gasteiger partial charge in [0.1, 0.15) is 6.20 Å². The SMILES string of the molecule is Cc1cccc(Nc2nc3sccn3c2[N+](=O)[O-])c1C. The van der Waals surface area contributed by atoms with Gasteiger partial charge in [0, 0.05) is 11.1 Å². The summed E-state index contributed by atoms with van der Waals surface area (Å²) in [4.78, 5) is 15.7. The van der Waals surface area contributed by atoms with E-state index in [0.29, 0.717) is 4.96 Å². The second-order valence-electron chi connectivity index (χ2n) is 4.47. The quantitative estimate of drug-likeness (QED) is 0.589. The Bertz CT molecular complexity index is 806. The summed E-state index contributed by atoms with van der Waals surface area (Å²) >= 11 is 1.37. The van der Waals surface area contributed by atoms with E-state index < -0.39 is 4.92 Å². The number of nitrogens with one attached hydrogen (secondary N) is 1. The van der Waals surface area contributed by atoms with Crippen LogP contribution in [0.25, 0.3) is 4.96 Å². The number of nitrogens with zero attached hydrogens (tertiary/aromatic N) is 3. The fraction of sp³-hybridized carbons (Fsp3) is 0.154. The van der Waals surface area contributed by atoms with E-state index in [0.717, 1.165) is 16.8 Å². The number of imidazole rings is 1. The fourth-order valence-corrected chi connectivity index (χ4v) is 2.76. The van der Waals surface area contributed by atoms with Crippen molar-refractivity contribution in [3.05, 3.63) is 51.0 Å². The van der Waals surface area contributed by atoms with E-state index in [1.165, 1.54) is 15.7 Å². The Labute approximate surface area is 118 Å². The normalized spacial score (nSPS) is 10.9. The van der Waals surface area contributed by atoms with Gasteiger partial charge >= 0.3 is 5.82 Å². The number of fused-ring (bicyclic) bond motifs is 1.